The fourth-order valence-corrected chi connectivity index (χ4v) is 2.23. The Balaban J connectivity index is 2.29. The number of halogens is 1. The van der Waals surface area contributed by atoms with Gasteiger partial charge in [-0.05, 0) is 12.1 Å². The molecule has 1 aromatic carbocycles. The molecule has 2 aromatic rings. The van der Waals surface area contributed by atoms with E-state index in [1.165, 1.54) is 13.2 Å². The Morgan fingerprint density at radius 2 is 2.19 bits per heavy atom. The lowest BCUT2D eigenvalue weighted by Gasteiger charge is -2.12. The van der Waals surface area contributed by atoms with Crippen LogP contribution in [0, 0.1) is 10.1 Å². The van der Waals surface area contributed by atoms with Gasteiger partial charge in [0.15, 0.2) is 11.5 Å². The van der Waals surface area contributed by atoms with Crippen LogP contribution in [0.5, 0.6) is 11.5 Å². The summed E-state index contributed by atoms with van der Waals surface area (Å²) in [4.78, 5) is 14.6. The maximum atomic E-state index is 11.1. The van der Waals surface area contributed by atoms with E-state index in [1.54, 1.807) is 24.5 Å². The van der Waals surface area contributed by atoms with E-state index >= 15 is 0 Å². The van der Waals surface area contributed by atoms with Gasteiger partial charge in [0.1, 0.15) is 6.61 Å². The first-order valence-corrected chi connectivity index (χ1v) is 7.20. The molecule has 1 heterocycles. The molecule has 21 heavy (non-hydrogen) atoms. The first kappa shape index (κ1) is 15.2. The molecule has 0 N–H and O–H groups in total. The van der Waals surface area contributed by atoms with E-state index in [4.69, 9.17) is 9.47 Å². The third kappa shape index (κ3) is 3.69. The summed E-state index contributed by atoms with van der Waals surface area (Å²) in [7, 11) is 1.50. The molecular formula is C14H13BrN2O4. The van der Waals surface area contributed by atoms with Crippen molar-refractivity contribution in [2.75, 3.05) is 7.11 Å². The summed E-state index contributed by atoms with van der Waals surface area (Å²) < 4.78 is 10.8. The van der Waals surface area contributed by atoms with Crippen molar-refractivity contribution in [3.8, 4) is 11.5 Å². The molecule has 0 saturated carbocycles. The molecule has 0 fully saturated rings. The molecule has 0 amide bonds. The monoisotopic (exact) mass is 352 g/mol. The van der Waals surface area contributed by atoms with Gasteiger partial charge in [-0.3, -0.25) is 15.1 Å². The van der Waals surface area contributed by atoms with Gasteiger partial charge < -0.3 is 9.47 Å². The van der Waals surface area contributed by atoms with Crippen molar-refractivity contribution in [3.63, 3.8) is 0 Å². The van der Waals surface area contributed by atoms with E-state index in [0.717, 1.165) is 5.56 Å². The van der Waals surface area contributed by atoms with Gasteiger partial charge in [0, 0.05) is 28.9 Å². The molecule has 0 aliphatic rings. The zero-order chi connectivity index (χ0) is 15.2. The van der Waals surface area contributed by atoms with Gasteiger partial charge in [-0.2, -0.15) is 0 Å². The van der Waals surface area contributed by atoms with Gasteiger partial charge in [0.05, 0.1) is 18.1 Å². The van der Waals surface area contributed by atoms with Gasteiger partial charge >= 0.3 is 0 Å². The zero-order valence-corrected chi connectivity index (χ0v) is 12.9. The number of benzene rings is 1. The molecule has 0 atom stereocenters. The van der Waals surface area contributed by atoms with Crippen LogP contribution in [0.2, 0.25) is 0 Å². The highest BCUT2D eigenvalue weighted by molar-refractivity contribution is 9.08. The molecular weight excluding hydrogens is 340 g/mol. The summed E-state index contributed by atoms with van der Waals surface area (Å²) in [6, 6.07) is 6.64. The summed E-state index contributed by atoms with van der Waals surface area (Å²) >= 11 is 3.23. The maximum Gasteiger partial charge on any atom is 0.277 e. The highest BCUT2D eigenvalue weighted by Gasteiger charge is 2.19. The Labute approximate surface area is 130 Å². The molecule has 2 rings (SSSR count). The normalized spacial score (nSPS) is 10.2. The van der Waals surface area contributed by atoms with Gasteiger partial charge in [0.25, 0.3) is 5.69 Å². The molecule has 0 radical (unpaired) electrons. The van der Waals surface area contributed by atoms with Crippen molar-refractivity contribution in [1.82, 2.24) is 4.98 Å². The fraction of sp³-hybridized carbons (Fsp3) is 0.214. The van der Waals surface area contributed by atoms with Crippen LogP contribution < -0.4 is 9.47 Å². The van der Waals surface area contributed by atoms with Gasteiger partial charge in [-0.25, -0.2) is 0 Å². The van der Waals surface area contributed by atoms with Gasteiger partial charge in [-0.1, -0.05) is 22.0 Å². The number of nitro groups is 1. The van der Waals surface area contributed by atoms with Crippen molar-refractivity contribution in [1.29, 1.82) is 0 Å². The van der Waals surface area contributed by atoms with Crippen LogP contribution in [0.4, 0.5) is 5.69 Å². The second kappa shape index (κ2) is 7.03. The number of methoxy groups -OCH3 is 1. The topological polar surface area (TPSA) is 74.5 Å². The molecule has 0 spiro atoms. The number of nitrogens with zero attached hydrogens (tertiary/aromatic N) is 2. The Kier molecular flexibility index (Phi) is 5.10. The zero-order valence-electron chi connectivity index (χ0n) is 11.3. The van der Waals surface area contributed by atoms with E-state index in [-0.39, 0.29) is 12.3 Å². The average molecular weight is 353 g/mol. The number of hydrogen-bond acceptors (Lipinski definition) is 5. The Hall–Kier alpha value is -2.15. The molecule has 1 aromatic heterocycles. The quantitative estimate of drug-likeness (QED) is 0.452. The van der Waals surface area contributed by atoms with Crippen LogP contribution in [0.25, 0.3) is 0 Å². The van der Waals surface area contributed by atoms with Crippen LogP contribution in [0.15, 0.2) is 36.7 Å². The second-order valence-corrected chi connectivity index (χ2v) is 4.73. The van der Waals surface area contributed by atoms with Crippen molar-refractivity contribution in [2.24, 2.45) is 0 Å². The van der Waals surface area contributed by atoms with Crippen LogP contribution in [0.3, 0.4) is 0 Å². The minimum atomic E-state index is -0.438. The van der Waals surface area contributed by atoms with Crippen LogP contribution >= 0.6 is 15.9 Å². The molecule has 7 heteroatoms. The predicted octanol–water partition coefficient (Wildman–Crippen LogP) is 3.47. The maximum absolute atomic E-state index is 11.1. The smallest absolute Gasteiger partial charge is 0.277 e. The highest BCUT2D eigenvalue weighted by Crippen LogP contribution is 2.36. The summed E-state index contributed by atoms with van der Waals surface area (Å²) in [5.41, 5.74) is 1.39. The first-order valence-electron chi connectivity index (χ1n) is 6.08. The van der Waals surface area contributed by atoms with E-state index in [9.17, 15) is 10.1 Å². The van der Waals surface area contributed by atoms with Crippen molar-refractivity contribution >= 4 is 21.6 Å². The van der Waals surface area contributed by atoms with Gasteiger partial charge in [-0.15, -0.1) is 0 Å². The van der Waals surface area contributed by atoms with E-state index in [1.807, 2.05) is 6.07 Å². The molecule has 110 valence electrons. The van der Waals surface area contributed by atoms with Crippen molar-refractivity contribution < 1.29 is 14.4 Å². The lowest BCUT2D eigenvalue weighted by molar-refractivity contribution is -0.385. The summed E-state index contributed by atoms with van der Waals surface area (Å²) in [5, 5.41) is 11.4. The number of alkyl halides is 1. The molecule has 6 nitrogen and oxygen atoms in total. The molecule has 0 unspecified atom stereocenters. The molecule has 0 aliphatic heterocycles. The Morgan fingerprint density at radius 3 is 2.76 bits per heavy atom. The van der Waals surface area contributed by atoms with Gasteiger partial charge in [0.2, 0.25) is 0 Å². The molecule has 0 bridgehead atoms. The number of nitro benzene ring substituents is 1. The van der Waals surface area contributed by atoms with Crippen LogP contribution in [0.1, 0.15) is 11.1 Å². The third-order valence-corrected chi connectivity index (χ3v) is 3.43. The third-order valence-electron chi connectivity index (χ3n) is 2.82. The summed E-state index contributed by atoms with van der Waals surface area (Å²) in [6.07, 6.45) is 3.34. The minimum absolute atomic E-state index is 0.00568. The number of hydrogen-bond donors (Lipinski definition) is 0. The number of pyridine rings is 1. The lowest BCUT2D eigenvalue weighted by atomic mass is 10.2. The number of aromatic nitrogens is 1. The Bertz CT molecular complexity index is 634. The predicted molar refractivity (Wildman–Crippen MR) is 80.8 cm³/mol. The first-order chi connectivity index (χ1) is 10.2. The molecule has 0 saturated heterocycles. The number of ether oxygens (including phenoxy) is 2. The Morgan fingerprint density at radius 1 is 1.38 bits per heavy atom. The van der Waals surface area contributed by atoms with Crippen LogP contribution in [-0.4, -0.2) is 17.0 Å². The average Bonchev–Trinajstić information content (AvgIpc) is 2.52. The largest absolute Gasteiger partial charge is 0.493 e. The van der Waals surface area contributed by atoms with Crippen LogP contribution in [-0.2, 0) is 11.9 Å². The molecule has 0 aliphatic carbocycles. The van der Waals surface area contributed by atoms with Crippen molar-refractivity contribution in [3.05, 3.63) is 57.9 Å². The number of rotatable bonds is 6. The fourth-order valence-electron chi connectivity index (χ4n) is 1.79. The second-order valence-electron chi connectivity index (χ2n) is 4.17. The lowest BCUT2D eigenvalue weighted by Crippen LogP contribution is -2.01. The van der Waals surface area contributed by atoms with E-state index in [2.05, 4.69) is 20.9 Å². The summed E-state index contributed by atoms with van der Waals surface area (Å²) in [5.74, 6) is 0.789. The van der Waals surface area contributed by atoms with Crippen molar-refractivity contribution in [2.45, 2.75) is 11.9 Å². The van der Waals surface area contributed by atoms with E-state index in [0.29, 0.717) is 22.4 Å². The standard InChI is InChI=1S/C14H13BrN2O4/c1-20-13-5-11(7-15)12(17(18)19)6-14(13)21-9-10-3-2-4-16-8-10/h2-6,8H,7,9H2,1H3. The highest BCUT2D eigenvalue weighted by atomic mass is 79.9. The SMILES string of the molecule is COc1cc(CBr)c([N+](=O)[O-])cc1OCc1cccnc1. The minimum Gasteiger partial charge on any atom is -0.493 e. The van der Waals surface area contributed by atoms with E-state index < -0.39 is 4.92 Å². The summed E-state index contributed by atoms with van der Waals surface area (Å²) in [6.45, 7) is 0.259.